The van der Waals surface area contributed by atoms with Crippen LogP contribution >= 0.6 is 0 Å². The topological polar surface area (TPSA) is 73.7 Å². The lowest BCUT2D eigenvalue weighted by Crippen LogP contribution is -2.42. The zero-order valence-corrected chi connectivity index (χ0v) is 21.2. The normalized spacial score (nSPS) is 18.1. The minimum absolute atomic E-state index is 0.271. The summed E-state index contributed by atoms with van der Waals surface area (Å²) in [4.78, 5) is 28.4. The first kappa shape index (κ1) is 25.0. The van der Waals surface area contributed by atoms with E-state index in [-0.39, 0.29) is 11.8 Å². The third-order valence-corrected chi connectivity index (χ3v) is 6.47. The number of anilines is 1. The van der Waals surface area contributed by atoms with Gasteiger partial charge in [0.05, 0.1) is 7.11 Å². The molecule has 3 aromatic rings. The van der Waals surface area contributed by atoms with Crippen LogP contribution in [0.4, 0.5) is 5.69 Å². The number of benzene rings is 3. The quantitative estimate of drug-likeness (QED) is 0.475. The average molecular weight is 486 g/mol. The summed E-state index contributed by atoms with van der Waals surface area (Å²) >= 11 is 0. The molecule has 1 aliphatic rings. The summed E-state index contributed by atoms with van der Waals surface area (Å²) in [5.74, 6) is 0.162. The van der Waals surface area contributed by atoms with Gasteiger partial charge in [-0.1, -0.05) is 17.7 Å². The molecule has 1 saturated heterocycles. The Morgan fingerprint density at radius 2 is 1.75 bits per heavy atom. The highest BCUT2D eigenvalue weighted by atomic mass is 16.5. The van der Waals surface area contributed by atoms with Crippen molar-refractivity contribution in [1.82, 2.24) is 10.7 Å². The van der Waals surface area contributed by atoms with Crippen LogP contribution in [-0.4, -0.2) is 49.0 Å². The highest BCUT2D eigenvalue weighted by Crippen LogP contribution is 2.27. The number of methoxy groups -OCH3 is 1. The second kappa shape index (κ2) is 11.1. The van der Waals surface area contributed by atoms with Crippen LogP contribution in [0.2, 0.25) is 0 Å². The van der Waals surface area contributed by atoms with Crippen LogP contribution in [0.1, 0.15) is 46.9 Å². The lowest BCUT2D eigenvalue weighted by molar-refractivity contribution is -0.596. The number of rotatable bonds is 8. The monoisotopic (exact) mass is 485 g/mol. The number of nitrogens with zero attached hydrogens (tertiary/aromatic N) is 2. The Balaban J connectivity index is 1.67. The summed E-state index contributed by atoms with van der Waals surface area (Å²) < 4.78 is 7.08. The molecule has 36 heavy (non-hydrogen) atoms. The molecule has 7 nitrogen and oxygen atoms in total. The van der Waals surface area contributed by atoms with Gasteiger partial charge < -0.3 is 15.0 Å². The van der Waals surface area contributed by atoms with Crippen molar-refractivity contribution in [2.75, 3.05) is 25.1 Å². The van der Waals surface area contributed by atoms with Crippen LogP contribution in [0.15, 0.2) is 72.8 Å². The smallest absolute Gasteiger partial charge is 0.304 e. The van der Waals surface area contributed by atoms with E-state index in [4.69, 9.17) is 4.74 Å². The molecular formula is C29H33N4O3+. The zero-order valence-electron chi connectivity index (χ0n) is 21.2. The van der Waals surface area contributed by atoms with E-state index in [0.717, 1.165) is 41.2 Å². The van der Waals surface area contributed by atoms with Crippen molar-refractivity contribution < 1.29 is 19.0 Å². The molecule has 2 N–H and O–H groups in total. The Kier molecular flexibility index (Phi) is 7.68. The van der Waals surface area contributed by atoms with Gasteiger partial charge in [-0.05, 0) is 81.4 Å². The molecule has 4 rings (SSSR count). The highest BCUT2D eigenvalue weighted by molar-refractivity contribution is 5.98. The Morgan fingerprint density at radius 3 is 2.36 bits per heavy atom. The highest BCUT2D eigenvalue weighted by Gasteiger charge is 2.47. The number of ether oxygens (including phenoxy) is 1. The van der Waals surface area contributed by atoms with Crippen LogP contribution in [0.5, 0.6) is 5.75 Å². The second-order valence-electron chi connectivity index (χ2n) is 8.81. The van der Waals surface area contributed by atoms with Crippen molar-refractivity contribution in [1.29, 1.82) is 0 Å². The Bertz CT molecular complexity index is 1250. The van der Waals surface area contributed by atoms with Gasteiger partial charge in [-0.3, -0.25) is 9.59 Å². The van der Waals surface area contributed by atoms with E-state index in [1.54, 1.807) is 17.9 Å². The molecule has 1 fully saturated rings. The fourth-order valence-corrected chi connectivity index (χ4v) is 4.51. The molecular weight excluding hydrogens is 452 g/mol. The van der Waals surface area contributed by atoms with Gasteiger partial charge in [0.2, 0.25) is 12.3 Å². The summed E-state index contributed by atoms with van der Waals surface area (Å²) in [6, 6.07) is 21.9. The van der Waals surface area contributed by atoms with Crippen molar-refractivity contribution in [3.63, 3.8) is 0 Å². The van der Waals surface area contributed by atoms with Gasteiger partial charge >= 0.3 is 5.91 Å². The summed E-state index contributed by atoms with van der Waals surface area (Å²) in [7, 11) is 1.61. The predicted octanol–water partition coefficient (Wildman–Crippen LogP) is 3.87. The molecule has 0 bridgehead atoms. The van der Waals surface area contributed by atoms with E-state index in [1.807, 2.05) is 67.7 Å². The lowest BCUT2D eigenvalue weighted by Gasteiger charge is -2.20. The molecule has 3 aromatic carbocycles. The van der Waals surface area contributed by atoms with Crippen molar-refractivity contribution in [2.24, 2.45) is 0 Å². The molecule has 1 aliphatic heterocycles. The number of amides is 2. The first-order chi connectivity index (χ1) is 17.4. The maximum atomic E-state index is 13.1. The molecule has 2 atom stereocenters. The van der Waals surface area contributed by atoms with Gasteiger partial charge in [-0.15, -0.1) is 10.1 Å². The number of nitrogens with one attached hydrogen (secondary N) is 2. The minimum atomic E-state index is -0.780. The van der Waals surface area contributed by atoms with E-state index in [2.05, 4.69) is 41.6 Å². The number of hydrazone groups is 1. The van der Waals surface area contributed by atoms with Crippen LogP contribution < -0.4 is 20.4 Å². The largest absolute Gasteiger partial charge is 0.497 e. The molecule has 186 valence electrons. The molecule has 0 radical (unpaired) electrons. The minimum Gasteiger partial charge on any atom is -0.497 e. The molecule has 0 spiro atoms. The number of carbonyl (C=O) groups is 2. The average Bonchev–Trinajstić information content (AvgIpc) is 3.19. The molecule has 0 unspecified atom stereocenters. The molecule has 7 heteroatoms. The zero-order chi connectivity index (χ0) is 25.7. The molecule has 0 saturated carbocycles. The summed E-state index contributed by atoms with van der Waals surface area (Å²) in [6.45, 7) is 8.07. The molecule has 0 aliphatic carbocycles. The van der Waals surface area contributed by atoms with Crippen molar-refractivity contribution in [3.05, 3.63) is 95.1 Å². The number of aryl methyl sites for hydroxylation is 1. The number of hydrogen-bond acceptors (Lipinski definition) is 4. The first-order valence-corrected chi connectivity index (χ1v) is 12.2. The summed E-state index contributed by atoms with van der Waals surface area (Å²) in [6.07, 6.45) is 1.90. The van der Waals surface area contributed by atoms with E-state index in [0.29, 0.717) is 5.56 Å². The van der Waals surface area contributed by atoms with Gasteiger partial charge in [0.1, 0.15) is 5.75 Å². The van der Waals surface area contributed by atoms with Crippen LogP contribution in [0.25, 0.3) is 0 Å². The van der Waals surface area contributed by atoms with Crippen molar-refractivity contribution >= 4 is 23.7 Å². The van der Waals surface area contributed by atoms with E-state index in [1.165, 1.54) is 0 Å². The fraction of sp³-hybridized carbons (Fsp3) is 0.276. The van der Waals surface area contributed by atoms with E-state index in [9.17, 15) is 9.59 Å². The SMILES string of the molecule is CCN(CC)c1ccc(/C=[N+]2\NC(=O)[C@@H](NC(=O)c3cccc(C)c3)[C@H]2c2ccc(OC)cc2)cc1. The van der Waals surface area contributed by atoms with Crippen molar-refractivity contribution in [3.8, 4) is 5.75 Å². The van der Waals surface area contributed by atoms with E-state index >= 15 is 0 Å². The molecule has 2 amide bonds. The van der Waals surface area contributed by atoms with Gasteiger partial charge in [-0.2, -0.15) is 0 Å². The number of hydrazine groups is 1. The van der Waals surface area contributed by atoms with Gasteiger partial charge in [0.25, 0.3) is 5.91 Å². The maximum absolute atomic E-state index is 13.1. The second-order valence-corrected chi connectivity index (χ2v) is 8.81. The third-order valence-electron chi connectivity index (χ3n) is 6.47. The van der Waals surface area contributed by atoms with Crippen LogP contribution in [-0.2, 0) is 4.79 Å². The standard InChI is InChI=1S/C29H32N4O3/c1-5-32(6-2)24-14-10-21(11-15-24)19-33-27(22-12-16-25(36-4)17-13-22)26(29(35)31-33)30-28(34)23-9-7-8-20(3)18-23/h7-19,26-27H,5-6H2,1-4H3,(H-,30,31,34,35)/p+1/t26-,27+/m0/s1. The van der Waals surface area contributed by atoms with Crippen LogP contribution in [0, 0.1) is 6.92 Å². The van der Waals surface area contributed by atoms with Crippen molar-refractivity contribution in [2.45, 2.75) is 32.9 Å². The molecule has 1 heterocycles. The fourth-order valence-electron chi connectivity index (χ4n) is 4.51. The Morgan fingerprint density at radius 1 is 1.06 bits per heavy atom. The number of carbonyl (C=O) groups excluding carboxylic acids is 2. The maximum Gasteiger partial charge on any atom is 0.304 e. The summed E-state index contributed by atoms with van der Waals surface area (Å²) in [5, 5.41) is 2.95. The first-order valence-electron chi connectivity index (χ1n) is 12.2. The van der Waals surface area contributed by atoms with Gasteiger partial charge in [-0.25, -0.2) is 0 Å². The third kappa shape index (κ3) is 5.40. The van der Waals surface area contributed by atoms with Gasteiger partial charge in [0.15, 0.2) is 6.04 Å². The summed E-state index contributed by atoms with van der Waals surface area (Å²) in [5.41, 5.74) is 7.40. The Hall–Kier alpha value is -4.13. The predicted molar refractivity (Wildman–Crippen MR) is 142 cm³/mol. The van der Waals surface area contributed by atoms with Crippen LogP contribution in [0.3, 0.4) is 0 Å². The lowest BCUT2D eigenvalue weighted by atomic mass is 9.99. The van der Waals surface area contributed by atoms with E-state index < -0.39 is 12.1 Å². The van der Waals surface area contributed by atoms with Gasteiger partial charge in [0, 0.05) is 35.5 Å². The molecule has 0 aromatic heterocycles. The number of hydrogen-bond donors (Lipinski definition) is 2. The Labute approximate surface area is 212 Å².